The van der Waals surface area contributed by atoms with Gasteiger partial charge in [0.2, 0.25) is 0 Å². The smallest absolute Gasteiger partial charge is 0.193 e. The van der Waals surface area contributed by atoms with Crippen LogP contribution in [-0.4, -0.2) is 45.7 Å². The number of hydrogen-bond donors (Lipinski definition) is 1. The molecule has 0 saturated carbocycles. The fourth-order valence-corrected chi connectivity index (χ4v) is 2.67. The second-order valence-corrected chi connectivity index (χ2v) is 5.88. The number of rotatable bonds is 7. The van der Waals surface area contributed by atoms with Crippen LogP contribution in [0, 0.1) is 5.82 Å². The molecule has 0 unspecified atom stereocenters. The Morgan fingerprint density at radius 2 is 1.81 bits per heavy atom. The second-order valence-electron chi connectivity index (χ2n) is 5.88. The van der Waals surface area contributed by atoms with E-state index in [2.05, 4.69) is 10.3 Å². The van der Waals surface area contributed by atoms with E-state index in [1.54, 1.807) is 33.4 Å². The summed E-state index contributed by atoms with van der Waals surface area (Å²) in [4.78, 5) is 6.35. The zero-order chi connectivity index (χ0) is 18.9. The Morgan fingerprint density at radius 1 is 1.11 bits per heavy atom. The zero-order valence-electron chi connectivity index (χ0n) is 16.2. The van der Waals surface area contributed by atoms with Gasteiger partial charge in [0.05, 0.1) is 14.2 Å². The summed E-state index contributed by atoms with van der Waals surface area (Å²) >= 11 is 0. The van der Waals surface area contributed by atoms with Crippen LogP contribution in [-0.2, 0) is 13.0 Å². The number of methoxy groups -OCH3 is 2. The maximum atomic E-state index is 13.0. The summed E-state index contributed by atoms with van der Waals surface area (Å²) in [7, 11) is 7.00. The number of hydrogen-bond acceptors (Lipinski definition) is 3. The predicted molar refractivity (Wildman–Crippen MR) is 118 cm³/mol. The maximum absolute atomic E-state index is 13.0. The van der Waals surface area contributed by atoms with Gasteiger partial charge in [0, 0.05) is 38.8 Å². The average Bonchev–Trinajstić information content (AvgIpc) is 2.66. The highest BCUT2D eigenvalue weighted by Gasteiger charge is 2.11. The number of ether oxygens (including phenoxy) is 2. The topological polar surface area (TPSA) is 46.1 Å². The number of benzene rings is 2. The van der Waals surface area contributed by atoms with Crippen LogP contribution < -0.4 is 14.8 Å². The molecule has 7 heteroatoms. The van der Waals surface area contributed by atoms with E-state index in [-0.39, 0.29) is 29.8 Å². The van der Waals surface area contributed by atoms with Crippen molar-refractivity contribution in [2.24, 2.45) is 4.99 Å². The van der Waals surface area contributed by atoms with Crippen LogP contribution in [0.2, 0.25) is 0 Å². The predicted octanol–water partition coefficient (Wildman–Crippen LogP) is 3.71. The number of nitrogens with zero attached hydrogens (tertiary/aromatic N) is 2. The lowest BCUT2D eigenvalue weighted by Gasteiger charge is -2.23. The average molecular weight is 487 g/mol. The lowest BCUT2D eigenvalue weighted by atomic mass is 10.1. The molecule has 0 aromatic heterocycles. The van der Waals surface area contributed by atoms with Crippen molar-refractivity contribution in [2.45, 2.75) is 13.0 Å². The third-order valence-electron chi connectivity index (χ3n) is 4.09. The number of halogens is 2. The van der Waals surface area contributed by atoms with Crippen molar-refractivity contribution in [1.82, 2.24) is 10.2 Å². The van der Waals surface area contributed by atoms with E-state index in [4.69, 9.17) is 9.47 Å². The van der Waals surface area contributed by atoms with E-state index in [0.717, 1.165) is 35.0 Å². The van der Waals surface area contributed by atoms with E-state index in [1.807, 2.05) is 30.1 Å². The zero-order valence-corrected chi connectivity index (χ0v) is 18.5. The molecule has 0 atom stereocenters. The molecule has 0 aliphatic rings. The monoisotopic (exact) mass is 487 g/mol. The molecule has 2 rings (SSSR count). The molecule has 0 bridgehead atoms. The molecule has 0 spiro atoms. The van der Waals surface area contributed by atoms with Crippen molar-refractivity contribution in [3.8, 4) is 11.5 Å². The molecule has 0 aliphatic carbocycles. The molecule has 0 fully saturated rings. The first-order chi connectivity index (χ1) is 12.6. The summed E-state index contributed by atoms with van der Waals surface area (Å²) in [5.74, 6) is 2.10. The third-order valence-corrected chi connectivity index (χ3v) is 4.09. The molecule has 1 N–H and O–H groups in total. The number of aliphatic imine (C=N–C) groups is 1. The molecular formula is C20H27FIN3O2. The van der Waals surface area contributed by atoms with Gasteiger partial charge < -0.3 is 19.7 Å². The van der Waals surface area contributed by atoms with Crippen LogP contribution in [0.25, 0.3) is 0 Å². The Hall–Kier alpha value is -2.03. The van der Waals surface area contributed by atoms with Gasteiger partial charge in [-0.1, -0.05) is 12.1 Å². The van der Waals surface area contributed by atoms with Gasteiger partial charge in [0.15, 0.2) is 5.96 Å². The molecular weight excluding hydrogens is 460 g/mol. The highest BCUT2D eigenvalue weighted by Crippen LogP contribution is 2.25. The van der Waals surface area contributed by atoms with Crippen LogP contribution >= 0.6 is 24.0 Å². The van der Waals surface area contributed by atoms with E-state index in [0.29, 0.717) is 13.1 Å². The van der Waals surface area contributed by atoms with Crippen LogP contribution in [0.15, 0.2) is 47.5 Å². The molecule has 5 nitrogen and oxygen atoms in total. The van der Waals surface area contributed by atoms with Crippen molar-refractivity contribution >= 4 is 29.9 Å². The minimum absolute atomic E-state index is 0. The van der Waals surface area contributed by atoms with Crippen molar-refractivity contribution in [1.29, 1.82) is 0 Å². The molecule has 27 heavy (non-hydrogen) atoms. The minimum Gasteiger partial charge on any atom is -0.497 e. The lowest BCUT2D eigenvalue weighted by Crippen LogP contribution is -2.39. The van der Waals surface area contributed by atoms with Crippen LogP contribution in [0.5, 0.6) is 11.5 Å². The van der Waals surface area contributed by atoms with Crippen molar-refractivity contribution in [3.63, 3.8) is 0 Å². The Labute approximate surface area is 177 Å². The van der Waals surface area contributed by atoms with Gasteiger partial charge in [0.25, 0.3) is 0 Å². The van der Waals surface area contributed by atoms with E-state index in [1.165, 1.54) is 12.1 Å². The molecule has 0 amide bonds. The molecule has 0 heterocycles. The van der Waals surface area contributed by atoms with E-state index in [9.17, 15) is 4.39 Å². The molecule has 148 valence electrons. The Bertz CT molecular complexity index is 739. The van der Waals surface area contributed by atoms with Gasteiger partial charge in [-0.25, -0.2) is 4.39 Å². The standard InChI is InChI=1S/C20H26FN3O2.HI/c1-22-20(23-12-11-15-5-8-17(21)9-6-15)24(2)14-16-7-10-18(25-3)13-19(16)26-4;/h5-10,13H,11-12,14H2,1-4H3,(H,22,23);1H. The normalized spacial score (nSPS) is 10.8. The highest BCUT2D eigenvalue weighted by atomic mass is 127. The second kappa shape index (κ2) is 11.6. The van der Waals surface area contributed by atoms with Crippen molar-refractivity contribution in [2.75, 3.05) is 34.9 Å². The number of guanidine groups is 1. The fourth-order valence-electron chi connectivity index (χ4n) is 2.67. The number of nitrogens with one attached hydrogen (secondary N) is 1. The summed E-state index contributed by atoms with van der Waals surface area (Å²) in [6, 6.07) is 12.3. The largest absolute Gasteiger partial charge is 0.497 e. The van der Waals surface area contributed by atoms with Gasteiger partial charge in [-0.05, 0) is 36.2 Å². The fraction of sp³-hybridized carbons (Fsp3) is 0.350. The molecule has 0 saturated heterocycles. The van der Waals surface area contributed by atoms with Crippen molar-refractivity contribution < 1.29 is 13.9 Å². The molecule has 0 aliphatic heterocycles. The molecule has 2 aromatic carbocycles. The maximum Gasteiger partial charge on any atom is 0.193 e. The Kier molecular flexibility index (Phi) is 9.92. The first kappa shape index (κ1) is 23.0. The van der Waals surface area contributed by atoms with Gasteiger partial charge in [-0.3, -0.25) is 4.99 Å². The van der Waals surface area contributed by atoms with E-state index >= 15 is 0 Å². The molecule has 0 radical (unpaired) electrons. The Balaban J connectivity index is 0.00000364. The summed E-state index contributed by atoms with van der Waals surface area (Å²) < 4.78 is 23.6. The van der Waals surface area contributed by atoms with Crippen LogP contribution in [0.1, 0.15) is 11.1 Å². The third kappa shape index (κ3) is 6.89. The minimum atomic E-state index is -0.217. The SMILES string of the molecule is CN=C(NCCc1ccc(F)cc1)N(C)Cc1ccc(OC)cc1OC.I. The van der Waals surface area contributed by atoms with Gasteiger partial charge >= 0.3 is 0 Å². The first-order valence-electron chi connectivity index (χ1n) is 8.44. The lowest BCUT2D eigenvalue weighted by molar-refractivity contribution is 0.382. The van der Waals surface area contributed by atoms with Crippen molar-refractivity contribution in [3.05, 3.63) is 59.4 Å². The van der Waals surface area contributed by atoms with E-state index < -0.39 is 0 Å². The first-order valence-corrected chi connectivity index (χ1v) is 8.44. The van der Waals surface area contributed by atoms with Gasteiger partial charge in [-0.15, -0.1) is 24.0 Å². The summed E-state index contributed by atoms with van der Waals surface area (Å²) in [5, 5.41) is 3.33. The molecule has 2 aromatic rings. The van der Waals surface area contributed by atoms with Gasteiger partial charge in [0.1, 0.15) is 17.3 Å². The van der Waals surface area contributed by atoms with Gasteiger partial charge in [-0.2, -0.15) is 0 Å². The summed E-state index contributed by atoms with van der Waals surface area (Å²) in [5.41, 5.74) is 2.12. The highest BCUT2D eigenvalue weighted by molar-refractivity contribution is 14.0. The summed E-state index contributed by atoms with van der Waals surface area (Å²) in [6.45, 7) is 1.35. The quantitative estimate of drug-likeness (QED) is 0.368. The summed E-state index contributed by atoms with van der Waals surface area (Å²) in [6.07, 6.45) is 0.791. The van der Waals surface area contributed by atoms with Crippen LogP contribution in [0.4, 0.5) is 4.39 Å². The van der Waals surface area contributed by atoms with Crippen LogP contribution in [0.3, 0.4) is 0 Å². The Morgan fingerprint density at radius 3 is 2.41 bits per heavy atom.